The summed E-state index contributed by atoms with van der Waals surface area (Å²) in [5.41, 5.74) is 1.50. The fourth-order valence-electron chi connectivity index (χ4n) is 4.05. The van der Waals surface area contributed by atoms with Gasteiger partial charge in [0.15, 0.2) is 5.82 Å². The van der Waals surface area contributed by atoms with Gasteiger partial charge < -0.3 is 9.42 Å². The molecule has 1 aromatic heterocycles. The quantitative estimate of drug-likeness (QED) is 0.715. The Morgan fingerprint density at radius 2 is 2.00 bits per heavy atom. The first-order valence-electron chi connectivity index (χ1n) is 10.0. The van der Waals surface area contributed by atoms with Crippen molar-refractivity contribution in [3.8, 4) is 0 Å². The number of hydrogen-bond acceptors (Lipinski definition) is 6. The lowest BCUT2D eigenvalue weighted by Gasteiger charge is -2.17. The Bertz CT molecular complexity index is 1010. The summed E-state index contributed by atoms with van der Waals surface area (Å²) in [7, 11) is -0.423. The van der Waals surface area contributed by atoms with Crippen LogP contribution in [-0.2, 0) is 27.7 Å². The van der Waals surface area contributed by atoms with E-state index in [0.717, 1.165) is 24.1 Å². The van der Waals surface area contributed by atoms with Crippen LogP contribution in [0.1, 0.15) is 55.3 Å². The number of amides is 1. The maximum absolute atomic E-state index is 12.9. The molecule has 0 radical (unpaired) electrons. The van der Waals surface area contributed by atoms with Gasteiger partial charge >= 0.3 is 0 Å². The zero-order chi connectivity index (χ0) is 20.6. The number of carbonyl (C=O) groups excluding carboxylic acids is 1. The first kappa shape index (κ1) is 20.0. The minimum Gasteiger partial charge on any atom is -0.339 e. The minimum atomic E-state index is -3.66. The molecule has 0 N–H and O–H groups in total. The van der Waals surface area contributed by atoms with Crippen LogP contribution in [0.15, 0.2) is 27.6 Å². The van der Waals surface area contributed by atoms with E-state index in [4.69, 9.17) is 4.52 Å². The minimum absolute atomic E-state index is 0.0335. The van der Waals surface area contributed by atoms with Gasteiger partial charge in [-0.25, -0.2) is 12.7 Å². The molecular formula is C20H26N4O4S. The van der Waals surface area contributed by atoms with Gasteiger partial charge in [-0.1, -0.05) is 24.4 Å². The van der Waals surface area contributed by atoms with E-state index in [9.17, 15) is 13.2 Å². The second-order valence-electron chi connectivity index (χ2n) is 7.88. The zero-order valence-corrected chi connectivity index (χ0v) is 17.6. The molecule has 2 aliphatic rings. The maximum atomic E-state index is 12.9. The van der Waals surface area contributed by atoms with Gasteiger partial charge in [-0.2, -0.15) is 4.98 Å². The molecule has 1 amide bonds. The Balaban J connectivity index is 1.42. The predicted octanol–water partition coefficient (Wildman–Crippen LogP) is 2.50. The topological polar surface area (TPSA) is 96.6 Å². The van der Waals surface area contributed by atoms with Crippen LogP contribution < -0.4 is 4.90 Å². The van der Waals surface area contributed by atoms with Crippen LogP contribution in [-0.4, -0.2) is 49.4 Å². The lowest BCUT2D eigenvalue weighted by Crippen LogP contribution is -2.29. The monoisotopic (exact) mass is 418 g/mol. The third-order valence-electron chi connectivity index (χ3n) is 5.92. The smallest absolute Gasteiger partial charge is 0.242 e. The molecule has 0 saturated heterocycles. The Morgan fingerprint density at radius 3 is 2.76 bits per heavy atom. The van der Waals surface area contributed by atoms with Crippen molar-refractivity contribution < 1.29 is 17.7 Å². The molecule has 1 aliphatic carbocycles. The van der Waals surface area contributed by atoms with Crippen molar-refractivity contribution in [3.05, 3.63) is 35.5 Å². The molecule has 2 aromatic rings. The van der Waals surface area contributed by atoms with E-state index in [1.54, 1.807) is 37.2 Å². The highest BCUT2D eigenvalue weighted by atomic mass is 32.2. The lowest BCUT2D eigenvalue weighted by molar-refractivity contribution is -0.117. The van der Waals surface area contributed by atoms with Gasteiger partial charge in [0.25, 0.3) is 0 Å². The summed E-state index contributed by atoms with van der Waals surface area (Å²) in [6.07, 6.45) is 6.39. The molecule has 156 valence electrons. The van der Waals surface area contributed by atoms with E-state index in [0.29, 0.717) is 24.1 Å². The Hall–Kier alpha value is -2.26. The van der Waals surface area contributed by atoms with Crippen molar-refractivity contribution in [1.29, 1.82) is 0 Å². The summed E-state index contributed by atoms with van der Waals surface area (Å²) in [6.45, 7) is 0.252. The van der Waals surface area contributed by atoms with Crippen molar-refractivity contribution in [1.82, 2.24) is 14.4 Å². The van der Waals surface area contributed by atoms with E-state index in [1.165, 1.54) is 23.6 Å². The molecule has 4 rings (SSSR count). The van der Waals surface area contributed by atoms with Crippen LogP contribution >= 0.6 is 0 Å². The Kier molecular flexibility index (Phi) is 5.44. The van der Waals surface area contributed by atoms with E-state index in [1.807, 2.05) is 0 Å². The van der Waals surface area contributed by atoms with Gasteiger partial charge in [0.2, 0.25) is 21.8 Å². The number of fused-ring (bicyclic) bond motifs is 1. The van der Waals surface area contributed by atoms with Crippen LogP contribution in [0.5, 0.6) is 0 Å². The molecule has 29 heavy (non-hydrogen) atoms. The van der Waals surface area contributed by atoms with Crippen molar-refractivity contribution in [2.24, 2.45) is 0 Å². The average Bonchev–Trinajstić information content (AvgIpc) is 3.31. The largest absolute Gasteiger partial charge is 0.339 e. The third-order valence-corrected chi connectivity index (χ3v) is 7.78. The molecular weight excluding hydrogens is 392 g/mol. The summed E-state index contributed by atoms with van der Waals surface area (Å²) < 4.78 is 32.6. The summed E-state index contributed by atoms with van der Waals surface area (Å²) >= 11 is 0. The fraction of sp³-hybridized carbons (Fsp3) is 0.550. The van der Waals surface area contributed by atoms with Crippen LogP contribution in [0.25, 0.3) is 0 Å². The van der Waals surface area contributed by atoms with E-state index < -0.39 is 10.0 Å². The first-order valence-corrected chi connectivity index (χ1v) is 11.5. The summed E-state index contributed by atoms with van der Waals surface area (Å²) in [4.78, 5) is 18.1. The maximum Gasteiger partial charge on any atom is 0.242 e. The summed E-state index contributed by atoms with van der Waals surface area (Å²) in [6, 6.07) is 4.84. The van der Waals surface area contributed by atoms with Gasteiger partial charge in [-0.15, -0.1) is 0 Å². The highest BCUT2D eigenvalue weighted by Crippen LogP contribution is 2.32. The highest BCUT2D eigenvalue weighted by molar-refractivity contribution is 7.89. The predicted molar refractivity (Wildman–Crippen MR) is 107 cm³/mol. The average molecular weight is 419 g/mol. The fourth-order valence-corrected chi connectivity index (χ4v) is 5.27. The number of anilines is 1. The third kappa shape index (κ3) is 3.93. The lowest BCUT2D eigenvalue weighted by atomic mass is 9.89. The number of likely N-dealkylation sites (N-methyl/N-ethyl adjacent to an activating group) is 2. The van der Waals surface area contributed by atoms with Gasteiger partial charge in [0.05, 0.1) is 11.3 Å². The molecule has 1 aliphatic heterocycles. The Morgan fingerprint density at radius 1 is 1.24 bits per heavy atom. The van der Waals surface area contributed by atoms with Gasteiger partial charge in [-0.05, 0) is 36.6 Å². The number of nitrogens with zero attached hydrogens (tertiary/aromatic N) is 4. The normalized spacial score (nSPS) is 17.9. The second-order valence-corrected chi connectivity index (χ2v) is 9.93. The molecule has 0 unspecified atom stereocenters. The Labute approximate surface area is 170 Å². The van der Waals surface area contributed by atoms with Crippen molar-refractivity contribution >= 4 is 21.6 Å². The van der Waals surface area contributed by atoms with E-state index in [2.05, 4.69) is 10.1 Å². The molecule has 0 bridgehead atoms. The van der Waals surface area contributed by atoms with Crippen molar-refractivity contribution in [2.75, 3.05) is 25.5 Å². The number of sulfonamides is 1. The van der Waals surface area contributed by atoms with Crippen molar-refractivity contribution in [2.45, 2.75) is 55.8 Å². The number of benzene rings is 1. The zero-order valence-electron chi connectivity index (χ0n) is 16.8. The molecule has 0 atom stereocenters. The van der Waals surface area contributed by atoms with Gasteiger partial charge in [0, 0.05) is 38.7 Å². The highest BCUT2D eigenvalue weighted by Gasteiger charge is 2.28. The molecule has 8 nitrogen and oxygen atoms in total. The molecule has 1 saturated carbocycles. The number of rotatable bonds is 6. The van der Waals surface area contributed by atoms with Crippen LogP contribution in [0, 0.1) is 0 Å². The van der Waals surface area contributed by atoms with Crippen LogP contribution in [0.3, 0.4) is 0 Å². The second kappa shape index (κ2) is 7.87. The van der Waals surface area contributed by atoms with Crippen LogP contribution in [0.4, 0.5) is 5.69 Å². The molecule has 0 spiro atoms. The van der Waals surface area contributed by atoms with E-state index >= 15 is 0 Å². The summed E-state index contributed by atoms with van der Waals surface area (Å²) in [5, 5.41) is 4.03. The standard InChI is InChI=1S/C20H26N4O4S/c1-23(11-10-18-21-20(28-22-18)14-6-4-3-5-7-14)29(26,27)16-8-9-17-15(12-16)13-19(25)24(17)2/h8-9,12,14H,3-7,10-11,13H2,1-2H3. The number of aromatic nitrogens is 2. The van der Waals surface area contributed by atoms with E-state index in [-0.39, 0.29) is 23.8 Å². The number of hydrogen-bond donors (Lipinski definition) is 0. The SMILES string of the molecule is CN1C(=O)Cc2cc(S(=O)(=O)N(C)CCc3noc(C4CCCCC4)n3)ccc21. The first-order chi connectivity index (χ1) is 13.9. The summed E-state index contributed by atoms with van der Waals surface area (Å²) in [5.74, 6) is 1.51. The van der Waals surface area contributed by atoms with Gasteiger partial charge in [0.1, 0.15) is 0 Å². The molecule has 1 fully saturated rings. The van der Waals surface area contributed by atoms with Gasteiger partial charge in [-0.3, -0.25) is 4.79 Å². The molecule has 1 aromatic carbocycles. The molecule has 9 heteroatoms. The van der Waals surface area contributed by atoms with Crippen LogP contribution in [0.2, 0.25) is 0 Å². The van der Waals surface area contributed by atoms with Crippen molar-refractivity contribution in [3.63, 3.8) is 0 Å². The molecule has 2 heterocycles. The number of carbonyl (C=O) groups is 1.